The third-order valence-corrected chi connectivity index (χ3v) is 3.85. The number of thiocarbonyl (C=S) groups is 1. The molecule has 6 heteroatoms. The van der Waals surface area contributed by atoms with Crippen LogP contribution in [0, 0.1) is 3.57 Å². The summed E-state index contributed by atoms with van der Waals surface area (Å²) in [4.78, 5) is 12.1. The number of hydrogen-bond donors (Lipinski definition) is 2. The van der Waals surface area contributed by atoms with Gasteiger partial charge in [-0.2, -0.15) is 0 Å². The number of para-hydroxylation sites is 2. The summed E-state index contributed by atoms with van der Waals surface area (Å²) in [5, 5.41) is 5.84. The highest BCUT2D eigenvalue weighted by molar-refractivity contribution is 14.1. The highest BCUT2D eigenvalue weighted by atomic mass is 127. The molecule has 0 fully saturated rings. The average Bonchev–Trinajstić information content (AvgIpc) is 2.48. The summed E-state index contributed by atoms with van der Waals surface area (Å²) in [7, 11) is 1.58. The smallest absolute Gasteiger partial charge is 0.258 e. The average molecular weight is 412 g/mol. The number of amides is 1. The van der Waals surface area contributed by atoms with Crippen LogP contribution in [0.3, 0.4) is 0 Å². The summed E-state index contributed by atoms with van der Waals surface area (Å²) in [5.41, 5.74) is 1.29. The van der Waals surface area contributed by atoms with Crippen molar-refractivity contribution in [2.75, 3.05) is 12.4 Å². The van der Waals surface area contributed by atoms with Crippen LogP contribution in [0.2, 0.25) is 0 Å². The van der Waals surface area contributed by atoms with E-state index in [1.807, 2.05) is 42.5 Å². The lowest BCUT2D eigenvalue weighted by Crippen LogP contribution is -2.34. The number of nitrogens with one attached hydrogen (secondary N) is 2. The van der Waals surface area contributed by atoms with Crippen molar-refractivity contribution in [1.29, 1.82) is 0 Å². The zero-order valence-corrected chi connectivity index (χ0v) is 14.2. The van der Waals surface area contributed by atoms with E-state index in [4.69, 9.17) is 17.0 Å². The number of hydrogen-bond acceptors (Lipinski definition) is 3. The van der Waals surface area contributed by atoms with Gasteiger partial charge in [0.1, 0.15) is 5.75 Å². The summed E-state index contributed by atoms with van der Waals surface area (Å²) < 4.78 is 6.09. The van der Waals surface area contributed by atoms with Gasteiger partial charge in [-0.15, -0.1) is 0 Å². The molecular formula is C15H13IN2O2S. The van der Waals surface area contributed by atoms with E-state index in [1.165, 1.54) is 0 Å². The van der Waals surface area contributed by atoms with Crippen molar-refractivity contribution >= 4 is 51.5 Å². The van der Waals surface area contributed by atoms with Crippen molar-refractivity contribution in [1.82, 2.24) is 5.32 Å². The lowest BCUT2D eigenvalue weighted by molar-refractivity contribution is 0.0977. The molecule has 0 aromatic heterocycles. The molecule has 0 saturated carbocycles. The van der Waals surface area contributed by atoms with Crippen LogP contribution < -0.4 is 15.4 Å². The molecule has 4 nitrogen and oxygen atoms in total. The Morgan fingerprint density at radius 2 is 1.81 bits per heavy atom. The molecule has 0 radical (unpaired) electrons. The maximum Gasteiger partial charge on any atom is 0.258 e. The molecule has 1 amide bonds. The molecule has 0 atom stereocenters. The molecule has 2 N–H and O–H groups in total. The first-order valence-electron chi connectivity index (χ1n) is 6.11. The van der Waals surface area contributed by atoms with Gasteiger partial charge in [0.25, 0.3) is 5.91 Å². The van der Waals surface area contributed by atoms with Crippen molar-refractivity contribution in [3.05, 3.63) is 57.7 Å². The molecule has 0 spiro atoms. The Hall–Kier alpha value is -1.67. The maximum absolute atomic E-state index is 12.1. The first-order valence-corrected chi connectivity index (χ1v) is 7.60. The number of carbonyl (C=O) groups excluding carboxylic acids is 1. The molecule has 2 rings (SSSR count). The van der Waals surface area contributed by atoms with Crippen molar-refractivity contribution < 1.29 is 9.53 Å². The molecule has 0 aliphatic rings. The Kier molecular flexibility index (Phi) is 5.51. The largest absolute Gasteiger partial charge is 0.495 e. The predicted molar refractivity (Wildman–Crippen MR) is 95.8 cm³/mol. The van der Waals surface area contributed by atoms with Crippen LogP contribution in [0.1, 0.15) is 10.4 Å². The second-order valence-electron chi connectivity index (χ2n) is 4.09. The number of carbonyl (C=O) groups is 1. The lowest BCUT2D eigenvalue weighted by Gasteiger charge is -2.12. The summed E-state index contributed by atoms with van der Waals surface area (Å²) >= 11 is 7.27. The Balaban J connectivity index is 2.05. The van der Waals surface area contributed by atoms with E-state index in [0.717, 1.165) is 3.57 Å². The van der Waals surface area contributed by atoms with E-state index < -0.39 is 0 Å². The van der Waals surface area contributed by atoms with Crippen molar-refractivity contribution in [2.24, 2.45) is 0 Å². The summed E-state index contributed by atoms with van der Waals surface area (Å²) in [6.45, 7) is 0. The van der Waals surface area contributed by atoms with E-state index in [2.05, 4.69) is 33.2 Å². The minimum absolute atomic E-state index is 0.226. The van der Waals surface area contributed by atoms with Gasteiger partial charge in [-0.1, -0.05) is 24.3 Å². The van der Waals surface area contributed by atoms with Crippen LogP contribution in [0.25, 0.3) is 0 Å². The Labute approximate surface area is 142 Å². The van der Waals surface area contributed by atoms with Crippen LogP contribution in [0.5, 0.6) is 5.75 Å². The fraction of sp³-hybridized carbons (Fsp3) is 0.0667. The number of ether oxygens (including phenoxy) is 1. The van der Waals surface area contributed by atoms with Crippen molar-refractivity contribution in [3.8, 4) is 5.75 Å². The van der Waals surface area contributed by atoms with Crippen molar-refractivity contribution in [3.63, 3.8) is 0 Å². The van der Waals surface area contributed by atoms with E-state index in [9.17, 15) is 4.79 Å². The summed E-state index contributed by atoms with van der Waals surface area (Å²) in [5.74, 6) is 0.413. The number of rotatable bonds is 3. The zero-order valence-electron chi connectivity index (χ0n) is 11.2. The van der Waals surface area contributed by atoms with E-state index >= 15 is 0 Å². The summed E-state index contributed by atoms with van der Waals surface area (Å²) in [6.07, 6.45) is 0. The third-order valence-electron chi connectivity index (χ3n) is 2.70. The second kappa shape index (κ2) is 7.37. The second-order valence-corrected chi connectivity index (χ2v) is 5.66. The van der Waals surface area contributed by atoms with Crippen LogP contribution in [-0.4, -0.2) is 18.1 Å². The Morgan fingerprint density at radius 1 is 1.14 bits per heavy atom. The summed E-state index contributed by atoms with van der Waals surface area (Å²) in [6, 6.07) is 14.7. The van der Waals surface area contributed by atoms with Gasteiger partial charge in [0.2, 0.25) is 0 Å². The molecule has 0 saturated heterocycles. The molecule has 0 unspecified atom stereocenters. The van der Waals surface area contributed by atoms with Gasteiger partial charge in [0.05, 0.1) is 18.4 Å². The van der Waals surface area contributed by atoms with E-state index in [-0.39, 0.29) is 11.0 Å². The lowest BCUT2D eigenvalue weighted by atomic mass is 10.2. The number of halogens is 1. The standard InChI is InChI=1S/C15H13IN2O2S/c1-20-13-9-5-4-8-12(13)17-15(21)18-14(19)10-6-2-3-7-11(10)16/h2-9H,1H3,(H2,17,18,19,21). The highest BCUT2D eigenvalue weighted by Crippen LogP contribution is 2.22. The van der Waals surface area contributed by atoms with Gasteiger partial charge >= 0.3 is 0 Å². The topological polar surface area (TPSA) is 50.4 Å². The minimum atomic E-state index is -0.243. The fourth-order valence-corrected chi connectivity index (χ4v) is 2.55. The Bertz CT molecular complexity index is 676. The van der Waals surface area contributed by atoms with E-state index in [0.29, 0.717) is 17.0 Å². The van der Waals surface area contributed by atoms with Crippen LogP contribution in [0.15, 0.2) is 48.5 Å². The highest BCUT2D eigenvalue weighted by Gasteiger charge is 2.11. The normalized spacial score (nSPS) is 9.81. The quantitative estimate of drug-likeness (QED) is 0.599. The number of anilines is 1. The van der Waals surface area contributed by atoms with Gasteiger partial charge in [0.15, 0.2) is 5.11 Å². The van der Waals surface area contributed by atoms with Crippen LogP contribution >= 0.6 is 34.8 Å². The first kappa shape index (κ1) is 15.7. The molecule has 21 heavy (non-hydrogen) atoms. The van der Waals surface area contributed by atoms with Gasteiger partial charge in [-0.25, -0.2) is 0 Å². The molecule has 2 aromatic carbocycles. The third kappa shape index (κ3) is 4.15. The molecule has 0 aliphatic heterocycles. The molecule has 2 aromatic rings. The molecule has 108 valence electrons. The fourth-order valence-electron chi connectivity index (χ4n) is 1.72. The molecule has 0 aliphatic carbocycles. The molecule has 0 bridgehead atoms. The zero-order chi connectivity index (χ0) is 15.2. The van der Waals surface area contributed by atoms with Gasteiger partial charge in [-0.05, 0) is 59.1 Å². The maximum atomic E-state index is 12.1. The van der Waals surface area contributed by atoms with Crippen LogP contribution in [0.4, 0.5) is 5.69 Å². The monoisotopic (exact) mass is 412 g/mol. The predicted octanol–water partition coefficient (Wildman–Crippen LogP) is 3.43. The molecule has 0 heterocycles. The van der Waals surface area contributed by atoms with Crippen molar-refractivity contribution in [2.45, 2.75) is 0 Å². The number of methoxy groups -OCH3 is 1. The van der Waals surface area contributed by atoms with Gasteiger partial charge in [-0.3, -0.25) is 10.1 Å². The van der Waals surface area contributed by atoms with Gasteiger partial charge in [0, 0.05) is 3.57 Å². The first-order chi connectivity index (χ1) is 10.1. The number of benzene rings is 2. The van der Waals surface area contributed by atoms with Gasteiger partial charge < -0.3 is 10.1 Å². The van der Waals surface area contributed by atoms with E-state index in [1.54, 1.807) is 13.2 Å². The Morgan fingerprint density at radius 3 is 2.52 bits per heavy atom. The SMILES string of the molecule is COc1ccccc1NC(=S)NC(=O)c1ccccc1I. The molecular weight excluding hydrogens is 399 g/mol. The van der Waals surface area contributed by atoms with Crippen LogP contribution in [-0.2, 0) is 0 Å². The minimum Gasteiger partial charge on any atom is -0.495 e.